The van der Waals surface area contributed by atoms with Crippen molar-refractivity contribution in [3.05, 3.63) is 103 Å². The second-order valence-corrected chi connectivity index (χ2v) is 6.98. The summed E-state index contributed by atoms with van der Waals surface area (Å²) in [6.07, 6.45) is 2.08. The fraction of sp³-hybridized carbons (Fsp3) is 0. The number of benzene rings is 3. The molecule has 0 aliphatic heterocycles. The van der Waals surface area contributed by atoms with Crippen molar-refractivity contribution in [1.29, 1.82) is 0 Å². The molecule has 0 bridgehead atoms. The number of imidazole rings is 1. The van der Waals surface area contributed by atoms with Gasteiger partial charge in [0.25, 0.3) is 0 Å². The molecule has 6 aromatic rings. The molecule has 28 heavy (non-hydrogen) atoms. The molecule has 3 heteroatoms. The van der Waals surface area contributed by atoms with E-state index in [4.69, 9.17) is 4.98 Å². The third-order valence-electron chi connectivity index (χ3n) is 5.33. The van der Waals surface area contributed by atoms with Gasteiger partial charge in [-0.2, -0.15) is 0 Å². The van der Waals surface area contributed by atoms with Crippen LogP contribution >= 0.6 is 0 Å². The van der Waals surface area contributed by atoms with E-state index >= 15 is 0 Å². The van der Waals surface area contributed by atoms with Crippen LogP contribution in [0.4, 0.5) is 0 Å². The third-order valence-corrected chi connectivity index (χ3v) is 5.33. The molecule has 0 fully saturated rings. The number of aromatic nitrogens is 3. The summed E-state index contributed by atoms with van der Waals surface area (Å²) in [5, 5.41) is 1.17. The highest BCUT2D eigenvalue weighted by Crippen LogP contribution is 2.33. The van der Waals surface area contributed by atoms with Crippen molar-refractivity contribution in [3.8, 4) is 16.8 Å². The minimum atomic E-state index is 0.964. The lowest BCUT2D eigenvalue weighted by Gasteiger charge is -2.10. The summed E-state index contributed by atoms with van der Waals surface area (Å²) in [5.41, 5.74) is 7.83. The van der Waals surface area contributed by atoms with Gasteiger partial charge >= 0.3 is 0 Å². The normalized spacial score (nSPS) is 11.6. The van der Waals surface area contributed by atoms with Crippen LogP contribution in [0.15, 0.2) is 103 Å². The van der Waals surface area contributed by atoms with Crippen LogP contribution in [0.1, 0.15) is 0 Å². The van der Waals surface area contributed by atoms with E-state index in [1.807, 2.05) is 6.07 Å². The molecule has 0 atom stereocenters. The zero-order valence-corrected chi connectivity index (χ0v) is 15.2. The molecular formula is C25H17N3. The average Bonchev–Trinajstić information content (AvgIpc) is 3.29. The number of pyridine rings is 1. The van der Waals surface area contributed by atoms with Gasteiger partial charge in [0.05, 0.1) is 5.52 Å². The molecule has 0 saturated carbocycles. The van der Waals surface area contributed by atoms with E-state index in [0.717, 1.165) is 22.5 Å². The Kier molecular flexibility index (Phi) is 3.17. The molecular weight excluding hydrogens is 342 g/mol. The molecule has 0 radical (unpaired) electrons. The maximum absolute atomic E-state index is 4.91. The van der Waals surface area contributed by atoms with Gasteiger partial charge in [0.1, 0.15) is 11.2 Å². The van der Waals surface area contributed by atoms with Gasteiger partial charge in [0.2, 0.25) is 0 Å². The average molecular weight is 359 g/mol. The first-order valence-electron chi connectivity index (χ1n) is 9.42. The van der Waals surface area contributed by atoms with E-state index in [2.05, 4.69) is 106 Å². The topological polar surface area (TPSA) is 22.2 Å². The molecule has 0 unspecified atom stereocenters. The number of fused-ring (bicyclic) bond motifs is 5. The summed E-state index contributed by atoms with van der Waals surface area (Å²) >= 11 is 0. The van der Waals surface area contributed by atoms with Gasteiger partial charge in [-0.1, -0.05) is 66.7 Å². The Balaban J connectivity index is 1.72. The molecule has 3 heterocycles. The summed E-state index contributed by atoms with van der Waals surface area (Å²) < 4.78 is 4.49. The number of para-hydroxylation sites is 1. The summed E-state index contributed by atoms with van der Waals surface area (Å²) in [6.45, 7) is 0. The molecule has 0 saturated heterocycles. The summed E-state index contributed by atoms with van der Waals surface area (Å²) in [7, 11) is 0. The maximum Gasteiger partial charge on any atom is 0.150 e. The second-order valence-electron chi connectivity index (χ2n) is 6.98. The fourth-order valence-corrected chi connectivity index (χ4v) is 4.08. The van der Waals surface area contributed by atoms with Gasteiger partial charge in [-0.3, -0.25) is 8.97 Å². The van der Waals surface area contributed by atoms with Crippen LogP contribution in [0.2, 0.25) is 0 Å². The zero-order valence-electron chi connectivity index (χ0n) is 15.2. The Morgan fingerprint density at radius 2 is 1.43 bits per heavy atom. The first-order valence-corrected chi connectivity index (χ1v) is 9.42. The number of nitrogens with zero attached hydrogens (tertiary/aromatic N) is 3. The monoisotopic (exact) mass is 359 g/mol. The molecule has 132 valence electrons. The quantitative estimate of drug-likeness (QED) is 0.366. The highest BCUT2D eigenvalue weighted by molar-refractivity contribution is 6.07. The predicted octanol–water partition coefficient (Wildman–Crippen LogP) is 6.10. The Hall–Kier alpha value is -3.85. The van der Waals surface area contributed by atoms with Crippen LogP contribution in [0.5, 0.6) is 0 Å². The van der Waals surface area contributed by atoms with Crippen LogP contribution < -0.4 is 0 Å². The molecule has 0 spiro atoms. The van der Waals surface area contributed by atoms with E-state index in [1.165, 1.54) is 22.0 Å². The largest absolute Gasteiger partial charge is 0.294 e. The van der Waals surface area contributed by atoms with Crippen molar-refractivity contribution >= 4 is 27.7 Å². The molecule has 3 aromatic heterocycles. The maximum atomic E-state index is 4.91. The van der Waals surface area contributed by atoms with Crippen molar-refractivity contribution in [2.45, 2.75) is 0 Å². The number of hydrogen-bond donors (Lipinski definition) is 0. The summed E-state index contributed by atoms with van der Waals surface area (Å²) in [6, 6.07) is 33.8. The van der Waals surface area contributed by atoms with Crippen LogP contribution in [0, 0.1) is 0 Å². The SMILES string of the molecule is c1ccc(-c2cccc(-n3c4ccccc4c4nc5ccccn5c43)c2)cc1. The lowest BCUT2D eigenvalue weighted by atomic mass is 10.1. The van der Waals surface area contributed by atoms with Crippen LogP contribution in [0.3, 0.4) is 0 Å². The molecule has 0 aliphatic rings. The van der Waals surface area contributed by atoms with Gasteiger partial charge in [-0.15, -0.1) is 0 Å². The standard InChI is InChI=1S/C25H17N3/c1-2-9-18(10-3-1)19-11-8-12-20(17-19)28-22-14-5-4-13-21(22)24-25(28)27-16-7-6-15-23(27)26-24/h1-17H. The lowest BCUT2D eigenvalue weighted by molar-refractivity contribution is 1.09. The van der Waals surface area contributed by atoms with E-state index in [0.29, 0.717) is 0 Å². The third kappa shape index (κ3) is 2.13. The molecule has 0 amide bonds. The van der Waals surface area contributed by atoms with Crippen molar-refractivity contribution < 1.29 is 0 Å². The molecule has 0 aliphatic carbocycles. The lowest BCUT2D eigenvalue weighted by Crippen LogP contribution is -1.97. The van der Waals surface area contributed by atoms with E-state index < -0.39 is 0 Å². The number of hydrogen-bond acceptors (Lipinski definition) is 1. The molecule has 3 nitrogen and oxygen atoms in total. The fourth-order valence-electron chi connectivity index (χ4n) is 4.08. The van der Waals surface area contributed by atoms with E-state index in [1.54, 1.807) is 0 Å². The van der Waals surface area contributed by atoms with Gasteiger partial charge in [-0.25, -0.2) is 4.98 Å². The van der Waals surface area contributed by atoms with Crippen molar-refractivity contribution in [2.24, 2.45) is 0 Å². The minimum Gasteiger partial charge on any atom is -0.294 e. The molecule has 3 aromatic carbocycles. The highest BCUT2D eigenvalue weighted by Gasteiger charge is 2.17. The Morgan fingerprint density at radius 3 is 2.36 bits per heavy atom. The van der Waals surface area contributed by atoms with E-state index in [-0.39, 0.29) is 0 Å². The first-order chi connectivity index (χ1) is 13.9. The summed E-state index contributed by atoms with van der Waals surface area (Å²) in [5.74, 6) is 0. The summed E-state index contributed by atoms with van der Waals surface area (Å²) in [4.78, 5) is 4.91. The molecule has 0 N–H and O–H groups in total. The zero-order chi connectivity index (χ0) is 18.5. The van der Waals surface area contributed by atoms with Gasteiger partial charge in [0.15, 0.2) is 5.65 Å². The Bertz CT molecular complexity index is 1450. The van der Waals surface area contributed by atoms with Crippen molar-refractivity contribution in [2.75, 3.05) is 0 Å². The first kappa shape index (κ1) is 15.2. The minimum absolute atomic E-state index is 0.964. The van der Waals surface area contributed by atoms with Gasteiger partial charge in [0, 0.05) is 17.3 Å². The highest BCUT2D eigenvalue weighted by atomic mass is 15.1. The molecule has 6 rings (SSSR count). The Labute approximate surface area is 162 Å². The Morgan fingerprint density at radius 1 is 0.643 bits per heavy atom. The van der Waals surface area contributed by atoms with Crippen LogP contribution in [-0.4, -0.2) is 14.0 Å². The number of rotatable bonds is 2. The van der Waals surface area contributed by atoms with Crippen molar-refractivity contribution in [1.82, 2.24) is 14.0 Å². The van der Waals surface area contributed by atoms with E-state index in [9.17, 15) is 0 Å². The predicted molar refractivity (Wildman–Crippen MR) is 115 cm³/mol. The second kappa shape index (κ2) is 5.83. The van der Waals surface area contributed by atoms with Crippen LogP contribution in [0.25, 0.3) is 44.5 Å². The smallest absolute Gasteiger partial charge is 0.150 e. The van der Waals surface area contributed by atoms with Gasteiger partial charge in [-0.05, 0) is 41.5 Å². The van der Waals surface area contributed by atoms with Gasteiger partial charge < -0.3 is 0 Å². The van der Waals surface area contributed by atoms with Crippen molar-refractivity contribution in [3.63, 3.8) is 0 Å². The van der Waals surface area contributed by atoms with Crippen LogP contribution in [-0.2, 0) is 0 Å².